The van der Waals surface area contributed by atoms with Crippen LogP contribution in [-0.2, 0) is 0 Å². The zero-order chi connectivity index (χ0) is 22.7. The molecule has 1 aliphatic rings. The van der Waals surface area contributed by atoms with Crippen molar-refractivity contribution in [1.29, 1.82) is 0 Å². The minimum absolute atomic E-state index is 0.0309. The lowest BCUT2D eigenvalue weighted by Crippen LogP contribution is -2.31. The van der Waals surface area contributed by atoms with Gasteiger partial charge in [-0.25, -0.2) is 8.78 Å². The summed E-state index contributed by atoms with van der Waals surface area (Å²) in [6.07, 6.45) is 4.72. The van der Waals surface area contributed by atoms with Crippen LogP contribution in [0.15, 0.2) is 53.7 Å². The van der Waals surface area contributed by atoms with E-state index in [1.165, 1.54) is 10.9 Å². The maximum Gasteiger partial charge on any atom is 0.275 e. The first-order valence-electron chi connectivity index (χ1n) is 9.99. The van der Waals surface area contributed by atoms with Gasteiger partial charge in [0.05, 0.1) is 17.3 Å². The summed E-state index contributed by atoms with van der Waals surface area (Å²) in [5.41, 5.74) is 0.379. The Hall–Kier alpha value is -3.50. The van der Waals surface area contributed by atoms with Crippen LogP contribution in [0.5, 0.6) is 0 Å². The van der Waals surface area contributed by atoms with E-state index in [-0.39, 0.29) is 22.3 Å². The zero-order valence-electron chi connectivity index (χ0n) is 17.1. The molecule has 1 amide bonds. The largest absolute Gasteiger partial charge is 0.316 e. The molecule has 1 N–H and O–H groups in total. The number of carbonyl (C=O) groups is 1. The molecule has 2 aromatic carbocycles. The molecule has 8 heteroatoms. The molecule has 1 saturated carbocycles. The van der Waals surface area contributed by atoms with E-state index >= 15 is 0 Å². The molecule has 32 heavy (non-hydrogen) atoms. The fraction of sp³-hybridized carbons (Fsp3) is 0.208. The van der Waals surface area contributed by atoms with Crippen molar-refractivity contribution in [3.05, 3.63) is 82.1 Å². The number of benzene rings is 2. The lowest BCUT2D eigenvalue weighted by Gasteiger charge is -2.33. The molecule has 3 aromatic rings. The van der Waals surface area contributed by atoms with Crippen LogP contribution in [0.1, 0.15) is 40.5 Å². The van der Waals surface area contributed by atoms with Gasteiger partial charge in [0.1, 0.15) is 11.4 Å². The molecule has 0 atom stereocenters. The molecule has 5 nitrogen and oxygen atoms in total. The summed E-state index contributed by atoms with van der Waals surface area (Å²) in [5, 5.41) is 6.59. The topological polar surface area (TPSA) is 59.3 Å². The van der Waals surface area contributed by atoms with Gasteiger partial charge >= 0.3 is 0 Å². The summed E-state index contributed by atoms with van der Waals surface area (Å²) >= 11 is 6.16. The number of nitrogens with zero attached hydrogens (tertiary/aromatic N) is 3. The van der Waals surface area contributed by atoms with Crippen molar-refractivity contribution in [1.82, 2.24) is 9.78 Å². The number of anilines is 1. The standard InChI is InChI=1S/C24H19ClF2N4O/c1-28-13-17-9-18(10-17)31-23(19(25)14-29-31)24(32)30-22-20(26)11-16(12-21(22)27)8-7-15-5-3-2-4-6-15/h2-6,11-14,17-18H,9-10H2,1H3,(H,30,32)/b28-13-. The molecule has 0 saturated heterocycles. The molecule has 0 spiro atoms. The van der Waals surface area contributed by atoms with Gasteiger partial charge in [-0.05, 0) is 43.0 Å². The minimum atomic E-state index is -0.930. The molecule has 0 aliphatic heterocycles. The number of aliphatic imine (C=N–C) groups is 1. The van der Waals surface area contributed by atoms with Crippen molar-refractivity contribution in [3.8, 4) is 11.8 Å². The average molecular weight is 453 g/mol. The Morgan fingerprint density at radius 2 is 1.84 bits per heavy atom. The van der Waals surface area contributed by atoms with Gasteiger partial charge in [-0.15, -0.1) is 0 Å². The second-order valence-electron chi connectivity index (χ2n) is 7.46. The summed E-state index contributed by atoms with van der Waals surface area (Å²) in [7, 11) is 1.71. The van der Waals surface area contributed by atoms with Crippen molar-refractivity contribution in [2.75, 3.05) is 12.4 Å². The summed E-state index contributed by atoms with van der Waals surface area (Å²) in [4.78, 5) is 16.8. The van der Waals surface area contributed by atoms with Crippen LogP contribution in [-0.4, -0.2) is 28.9 Å². The Bertz CT molecular complexity index is 1210. The molecule has 1 fully saturated rings. The second-order valence-corrected chi connectivity index (χ2v) is 7.87. The lowest BCUT2D eigenvalue weighted by molar-refractivity contribution is 0.100. The molecule has 0 bridgehead atoms. The molecule has 1 aliphatic carbocycles. The SMILES string of the molecule is C/N=C\C1CC(n2ncc(Cl)c2C(=O)Nc2c(F)cc(C#Cc3ccccc3)cc2F)C1. The highest BCUT2D eigenvalue weighted by Gasteiger charge is 2.33. The van der Waals surface area contributed by atoms with Gasteiger partial charge in [0.25, 0.3) is 5.91 Å². The third-order valence-corrected chi connectivity index (χ3v) is 5.50. The fourth-order valence-electron chi connectivity index (χ4n) is 3.60. The third kappa shape index (κ3) is 4.56. The van der Waals surface area contributed by atoms with Crippen molar-refractivity contribution < 1.29 is 13.6 Å². The van der Waals surface area contributed by atoms with E-state index in [2.05, 4.69) is 27.2 Å². The Labute approximate surface area is 189 Å². The monoisotopic (exact) mass is 452 g/mol. The Morgan fingerprint density at radius 1 is 1.19 bits per heavy atom. The summed E-state index contributed by atoms with van der Waals surface area (Å²) in [6.45, 7) is 0. The molecular weight excluding hydrogens is 434 g/mol. The number of aromatic nitrogens is 2. The molecule has 0 unspecified atom stereocenters. The van der Waals surface area contributed by atoms with Gasteiger partial charge < -0.3 is 10.3 Å². The van der Waals surface area contributed by atoms with Gasteiger partial charge in [0.2, 0.25) is 0 Å². The molecule has 162 valence electrons. The summed E-state index contributed by atoms with van der Waals surface area (Å²) < 4.78 is 30.7. The van der Waals surface area contributed by atoms with Crippen LogP contribution >= 0.6 is 11.6 Å². The number of hydrogen-bond acceptors (Lipinski definition) is 3. The first-order chi connectivity index (χ1) is 15.5. The van der Waals surface area contributed by atoms with Crippen LogP contribution < -0.4 is 5.32 Å². The summed E-state index contributed by atoms with van der Waals surface area (Å²) in [5.74, 6) is 3.28. The van der Waals surface area contributed by atoms with Crippen LogP contribution in [0.3, 0.4) is 0 Å². The van der Waals surface area contributed by atoms with Gasteiger partial charge in [0, 0.05) is 24.4 Å². The Kier molecular flexibility index (Phi) is 6.33. The number of carbonyl (C=O) groups excluding carboxylic acids is 1. The molecule has 4 rings (SSSR count). The van der Waals surface area contributed by atoms with E-state index < -0.39 is 23.2 Å². The van der Waals surface area contributed by atoms with Gasteiger partial charge in [-0.1, -0.05) is 41.6 Å². The highest BCUT2D eigenvalue weighted by Crippen LogP contribution is 2.38. The van der Waals surface area contributed by atoms with Crippen LogP contribution in [0.2, 0.25) is 5.02 Å². The van der Waals surface area contributed by atoms with Gasteiger partial charge in [-0.3, -0.25) is 9.48 Å². The van der Waals surface area contributed by atoms with E-state index in [1.54, 1.807) is 19.2 Å². The quantitative estimate of drug-likeness (QED) is 0.441. The number of nitrogens with one attached hydrogen (secondary N) is 1. The highest BCUT2D eigenvalue weighted by atomic mass is 35.5. The fourth-order valence-corrected chi connectivity index (χ4v) is 3.81. The number of halogens is 3. The third-order valence-electron chi connectivity index (χ3n) is 5.23. The predicted molar refractivity (Wildman–Crippen MR) is 120 cm³/mol. The lowest BCUT2D eigenvalue weighted by atomic mass is 9.81. The maximum atomic E-state index is 14.6. The first kappa shape index (κ1) is 21.7. The normalized spacial score (nSPS) is 17.5. The van der Waals surface area contributed by atoms with E-state index in [4.69, 9.17) is 11.6 Å². The molecule has 1 aromatic heterocycles. The molecule has 1 heterocycles. The maximum absolute atomic E-state index is 14.6. The van der Waals surface area contributed by atoms with Crippen molar-refractivity contribution in [3.63, 3.8) is 0 Å². The Morgan fingerprint density at radius 3 is 2.50 bits per heavy atom. The van der Waals surface area contributed by atoms with Crippen molar-refractivity contribution in [2.24, 2.45) is 10.9 Å². The smallest absolute Gasteiger partial charge is 0.275 e. The minimum Gasteiger partial charge on any atom is -0.316 e. The summed E-state index contributed by atoms with van der Waals surface area (Å²) in [6, 6.07) is 11.2. The Balaban J connectivity index is 1.53. The van der Waals surface area contributed by atoms with Crippen molar-refractivity contribution in [2.45, 2.75) is 18.9 Å². The van der Waals surface area contributed by atoms with Crippen LogP contribution in [0, 0.1) is 29.4 Å². The number of rotatable bonds is 4. The zero-order valence-corrected chi connectivity index (χ0v) is 17.9. The van der Waals surface area contributed by atoms with Crippen molar-refractivity contribution >= 4 is 29.4 Å². The number of amides is 1. The van der Waals surface area contributed by atoms with E-state index in [0.29, 0.717) is 5.92 Å². The second kappa shape index (κ2) is 9.33. The number of hydrogen-bond donors (Lipinski definition) is 1. The predicted octanol–water partition coefficient (Wildman–Crippen LogP) is 5.12. The van der Waals surface area contributed by atoms with E-state index in [9.17, 15) is 13.6 Å². The molecule has 0 radical (unpaired) electrons. The van der Waals surface area contributed by atoms with Gasteiger partial charge in [0.15, 0.2) is 11.6 Å². The van der Waals surface area contributed by atoms with Gasteiger partial charge in [-0.2, -0.15) is 5.10 Å². The average Bonchev–Trinajstić information content (AvgIpc) is 3.13. The van der Waals surface area contributed by atoms with Crippen LogP contribution in [0.4, 0.5) is 14.5 Å². The van der Waals surface area contributed by atoms with E-state index in [0.717, 1.165) is 30.5 Å². The first-order valence-corrected chi connectivity index (χ1v) is 10.4. The molecular formula is C24H19ClF2N4O. The van der Waals surface area contributed by atoms with Crippen LogP contribution in [0.25, 0.3) is 0 Å². The van der Waals surface area contributed by atoms with E-state index in [1.807, 2.05) is 24.4 Å². The highest BCUT2D eigenvalue weighted by molar-refractivity contribution is 6.34.